The quantitative estimate of drug-likeness (QED) is 0.810. The molecule has 2 aliphatic carbocycles. The highest BCUT2D eigenvalue weighted by Crippen LogP contribution is 2.70. The number of hydrogen-bond donors (Lipinski definition) is 1. The summed E-state index contributed by atoms with van der Waals surface area (Å²) < 4.78 is 2.89. The van der Waals surface area contributed by atoms with Crippen LogP contribution >= 0.6 is 22.6 Å². The molecule has 2 saturated carbocycles. The Kier molecular flexibility index (Phi) is 3.02. The van der Waals surface area contributed by atoms with E-state index in [0.29, 0.717) is 12.0 Å². The Bertz CT molecular complexity index is 707. The maximum Gasteiger partial charge on any atom is 0.224 e. The topological polar surface area (TPSA) is 59.8 Å². The molecule has 4 rings (SSSR count). The number of benzene rings is 1. The van der Waals surface area contributed by atoms with Crippen molar-refractivity contribution in [2.75, 3.05) is 0 Å². The first-order valence-corrected chi connectivity index (χ1v) is 8.19. The minimum atomic E-state index is 0.177. The largest absolute Gasteiger partial charge is 0.350 e. The normalized spacial score (nSPS) is 21.3. The van der Waals surface area contributed by atoms with Crippen LogP contribution < -0.4 is 5.32 Å². The molecule has 1 N–H and O–H groups in total. The zero-order valence-corrected chi connectivity index (χ0v) is 13.6. The molecule has 5 nitrogen and oxygen atoms in total. The summed E-state index contributed by atoms with van der Waals surface area (Å²) in [5, 5.41) is 11.2. The number of nitrogens with one attached hydrogen (secondary N) is 1. The van der Waals surface area contributed by atoms with Crippen LogP contribution in [-0.2, 0) is 11.3 Å². The highest BCUT2D eigenvalue weighted by Gasteiger charge is 2.65. The average Bonchev–Trinajstić information content (AvgIpc) is 3.36. The van der Waals surface area contributed by atoms with Crippen LogP contribution in [0.25, 0.3) is 5.69 Å². The molecule has 2 fully saturated rings. The fourth-order valence-electron chi connectivity index (χ4n) is 2.86. The van der Waals surface area contributed by atoms with Gasteiger partial charge in [0.25, 0.3) is 0 Å². The maximum atomic E-state index is 12.0. The van der Waals surface area contributed by atoms with Gasteiger partial charge in [-0.25, -0.2) is 4.68 Å². The lowest BCUT2D eigenvalue weighted by Gasteiger charge is -2.01. The van der Waals surface area contributed by atoms with Crippen molar-refractivity contribution in [3.05, 3.63) is 39.7 Å². The van der Waals surface area contributed by atoms with Crippen LogP contribution in [0.1, 0.15) is 25.0 Å². The van der Waals surface area contributed by atoms with Crippen LogP contribution in [0.2, 0.25) is 0 Å². The van der Waals surface area contributed by atoms with Crippen LogP contribution in [0, 0.1) is 14.9 Å². The summed E-state index contributed by atoms with van der Waals surface area (Å²) in [4.78, 5) is 12.0. The van der Waals surface area contributed by atoms with Gasteiger partial charge in [0.05, 0.1) is 18.4 Å². The SMILES string of the molecule is O=C(NCc1cn(-c2cccc(I)c2)nn1)C1CC12CC2. The van der Waals surface area contributed by atoms with Crippen molar-refractivity contribution in [3.8, 4) is 5.69 Å². The van der Waals surface area contributed by atoms with Crippen molar-refractivity contribution in [1.82, 2.24) is 20.3 Å². The van der Waals surface area contributed by atoms with Gasteiger partial charge in [-0.3, -0.25) is 4.79 Å². The third-order valence-corrected chi connectivity index (χ3v) is 5.13. The first-order valence-electron chi connectivity index (χ1n) is 7.11. The van der Waals surface area contributed by atoms with Gasteiger partial charge in [-0.15, -0.1) is 5.10 Å². The minimum Gasteiger partial charge on any atom is -0.350 e. The first kappa shape index (κ1) is 13.2. The van der Waals surface area contributed by atoms with Crippen molar-refractivity contribution in [2.45, 2.75) is 25.8 Å². The summed E-state index contributed by atoms with van der Waals surface area (Å²) in [5.74, 6) is 0.430. The number of aromatic nitrogens is 3. The third-order valence-electron chi connectivity index (χ3n) is 4.46. The number of nitrogens with zero attached hydrogens (tertiary/aromatic N) is 3. The summed E-state index contributed by atoms with van der Waals surface area (Å²) in [7, 11) is 0. The molecule has 1 spiro atoms. The van der Waals surface area contributed by atoms with Gasteiger partial charge < -0.3 is 5.32 Å². The maximum absolute atomic E-state index is 12.0. The standard InChI is InChI=1S/C15H15IN4O/c16-10-2-1-3-12(6-10)20-9-11(18-19-20)8-17-14(21)13-7-15(13)4-5-15/h1-3,6,9,13H,4-5,7-8H2,(H,17,21). The van der Waals surface area contributed by atoms with Crippen LogP contribution in [0.5, 0.6) is 0 Å². The van der Waals surface area contributed by atoms with Crippen LogP contribution in [0.3, 0.4) is 0 Å². The van der Waals surface area contributed by atoms with Crippen molar-refractivity contribution < 1.29 is 4.79 Å². The lowest BCUT2D eigenvalue weighted by molar-refractivity contribution is -0.122. The van der Waals surface area contributed by atoms with Gasteiger partial charge in [0.1, 0.15) is 5.69 Å². The molecule has 21 heavy (non-hydrogen) atoms. The number of carbonyl (C=O) groups is 1. The molecular weight excluding hydrogens is 379 g/mol. The number of rotatable bonds is 4. The van der Waals surface area contributed by atoms with Gasteiger partial charge in [0.2, 0.25) is 5.91 Å². The third kappa shape index (κ3) is 2.56. The van der Waals surface area contributed by atoms with Crippen LogP contribution in [0.4, 0.5) is 0 Å². The Labute approximate surface area is 136 Å². The zero-order valence-electron chi connectivity index (χ0n) is 11.4. The van der Waals surface area contributed by atoms with Gasteiger partial charge in [-0.05, 0) is 65.5 Å². The molecule has 1 aromatic carbocycles. The molecule has 1 heterocycles. The highest BCUT2D eigenvalue weighted by molar-refractivity contribution is 14.1. The minimum absolute atomic E-state index is 0.177. The lowest BCUT2D eigenvalue weighted by Crippen LogP contribution is -2.25. The number of amides is 1. The summed E-state index contributed by atoms with van der Waals surface area (Å²) in [6, 6.07) is 8.05. The Morgan fingerprint density at radius 3 is 3.05 bits per heavy atom. The predicted octanol–water partition coefficient (Wildman–Crippen LogP) is 2.29. The van der Waals surface area contributed by atoms with E-state index in [0.717, 1.165) is 21.4 Å². The second kappa shape index (κ2) is 4.79. The molecule has 0 bridgehead atoms. The molecule has 2 aliphatic rings. The van der Waals surface area contributed by atoms with Gasteiger partial charge in [-0.2, -0.15) is 0 Å². The highest BCUT2D eigenvalue weighted by atomic mass is 127. The van der Waals surface area contributed by atoms with E-state index in [2.05, 4.69) is 38.2 Å². The van der Waals surface area contributed by atoms with E-state index in [9.17, 15) is 4.79 Å². The van der Waals surface area contributed by atoms with Crippen LogP contribution in [-0.4, -0.2) is 20.9 Å². The molecule has 0 saturated heterocycles. The van der Waals surface area contributed by atoms with E-state index in [1.807, 2.05) is 30.5 Å². The summed E-state index contributed by atoms with van der Waals surface area (Å²) in [6.07, 6.45) is 5.40. The van der Waals surface area contributed by atoms with Crippen molar-refractivity contribution in [1.29, 1.82) is 0 Å². The number of carbonyl (C=O) groups excluding carboxylic acids is 1. The Balaban J connectivity index is 1.39. The molecule has 6 heteroatoms. The summed E-state index contributed by atoms with van der Waals surface area (Å²) in [6.45, 7) is 0.454. The Hall–Kier alpha value is -1.44. The first-order chi connectivity index (χ1) is 10.2. The van der Waals surface area contributed by atoms with Gasteiger partial charge in [-0.1, -0.05) is 11.3 Å². The van der Waals surface area contributed by atoms with E-state index in [-0.39, 0.29) is 11.8 Å². The molecule has 1 aromatic heterocycles. The van der Waals surface area contributed by atoms with Crippen molar-refractivity contribution in [3.63, 3.8) is 0 Å². The van der Waals surface area contributed by atoms with E-state index in [4.69, 9.17) is 0 Å². The van der Waals surface area contributed by atoms with Gasteiger partial charge in [0, 0.05) is 9.49 Å². The van der Waals surface area contributed by atoms with Crippen LogP contribution in [0.15, 0.2) is 30.5 Å². The van der Waals surface area contributed by atoms with Gasteiger partial charge in [0.15, 0.2) is 0 Å². The zero-order chi connectivity index (χ0) is 14.4. The smallest absolute Gasteiger partial charge is 0.224 e. The molecule has 0 radical (unpaired) electrons. The number of halogens is 1. The molecule has 1 atom stereocenters. The predicted molar refractivity (Wildman–Crippen MR) is 85.7 cm³/mol. The molecule has 1 unspecified atom stereocenters. The van der Waals surface area contributed by atoms with Gasteiger partial charge >= 0.3 is 0 Å². The Morgan fingerprint density at radius 1 is 1.48 bits per heavy atom. The van der Waals surface area contributed by atoms with E-state index in [1.54, 1.807) is 4.68 Å². The van der Waals surface area contributed by atoms with Crippen molar-refractivity contribution in [2.24, 2.45) is 11.3 Å². The lowest BCUT2D eigenvalue weighted by atomic mass is 10.3. The summed E-state index contributed by atoms with van der Waals surface area (Å²) >= 11 is 2.27. The molecular formula is C15H15IN4O. The van der Waals surface area contributed by atoms with Crippen molar-refractivity contribution >= 4 is 28.5 Å². The second-order valence-corrected chi connectivity index (χ2v) is 7.22. The molecule has 0 aliphatic heterocycles. The summed E-state index contributed by atoms with van der Waals surface area (Å²) in [5.41, 5.74) is 2.17. The molecule has 2 aromatic rings. The fraction of sp³-hybridized carbons (Fsp3) is 0.400. The fourth-order valence-corrected chi connectivity index (χ4v) is 3.38. The molecule has 108 valence electrons. The second-order valence-electron chi connectivity index (χ2n) is 5.97. The number of hydrogen-bond acceptors (Lipinski definition) is 3. The van der Waals surface area contributed by atoms with E-state index >= 15 is 0 Å². The Morgan fingerprint density at radius 2 is 2.33 bits per heavy atom. The van der Waals surface area contributed by atoms with E-state index in [1.165, 1.54) is 12.8 Å². The monoisotopic (exact) mass is 394 g/mol. The molecule has 1 amide bonds. The van der Waals surface area contributed by atoms with E-state index < -0.39 is 0 Å². The average molecular weight is 394 g/mol.